The molecule has 3 N–H and O–H groups in total. The van der Waals surface area contributed by atoms with E-state index in [2.05, 4.69) is 5.43 Å². The van der Waals surface area contributed by atoms with Crippen LogP contribution in [0, 0.1) is 0 Å². The lowest BCUT2D eigenvalue weighted by Gasteiger charge is -2.26. The first-order valence-electron chi connectivity index (χ1n) is 5.91. The largest absolute Gasteiger partial charge is 0.416 e. The van der Waals surface area contributed by atoms with E-state index in [1.54, 1.807) is 6.07 Å². The molecule has 0 aliphatic carbocycles. The number of hydrogen-bond donors (Lipinski definition) is 2. The highest BCUT2D eigenvalue weighted by atomic mass is 19.4. The molecule has 0 amide bonds. The quantitative estimate of drug-likeness (QED) is 0.656. The second-order valence-corrected chi connectivity index (χ2v) is 5.23. The Labute approximate surface area is 110 Å². The number of nitrogens with one attached hydrogen (secondary N) is 1. The Kier molecular flexibility index (Phi) is 4.95. The number of halogens is 3. The Balaban J connectivity index is 2.99. The summed E-state index contributed by atoms with van der Waals surface area (Å²) >= 11 is 0. The number of hydrogen-bond acceptors (Lipinski definition) is 3. The molecular formula is C13H19F3N2O. The summed E-state index contributed by atoms with van der Waals surface area (Å²) in [6.45, 7) is 5.55. The van der Waals surface area contributed by atoms with E-state index in [1.165, 1.54) is 12.1 Å². The van der Waals surface area contributed by atoms with Gasteiger partial charge in [0.15, 0.2) is 0 Å². The normalized spacial score (nSPS) is 14.5. The van der Waals surface area contributed by atoms with E-state index in [0.717, 1.165) is 6.07 Å². The second-order valence-electron chi connectivity index (χ2n) is 5.23. The molecule has 6 heteroatoms. The molecule has 108 valence electrons. The van der Waals surface area contributed by atoms with Crippen LogP contribution in [0.4, 0.5) is 13.2 Å². The minimum absolute atomic E-state index is 0.0626. The van der Waals surface area contributed by atoms with Gasteiger partial charge in [-0.25, -0.2) is 0 Å². The SMILES string of the molecule is CC(C)(C)OCC(NN)c1ccccc1C(F)(F)F. The minimum Gasteiger partial charge on any atom is -0.374 e. The van der Waals surface area contributed by atoms with Gasteiger partial charge in [0.25, 0.3) is 0 Å². The molecule has 3 nitrogen and oxygen atoms in total. The van der Waals surface area contributed by atoms with Gasteiger partial charge in [0.05, 0.1) is 23.8 Å². The number of rotatable bonds is 4. The van der Waals surface area contributed by atoms with E-state index < -0.39 is 23.4 Å². The third-order valence-electron chi connectivity index (χ3n) is 2.53. The van der Waals surface area contributed by atoms with E-state index in [9.17, 15) is 13.2 Å². The first-order valence-corrected chi connectivity index (χ1v) is 5.91. The first-order chi connectivity index (χ1) is 8.65. The Hall–Kier alpha value is -1.11. The zero-order valence-electron chi connectivity index (χ0n) is 11.2. The van der Waals surface area contributed by atoms with Crippen LogP contribution in [0.25, 0.3) is 0 Å². The zero-order valence-corrected chi connectivity index (χ0v) is 11.2. The molecule has 0 spiro atoms. The van der Waals surface area contributed by atoms with Crippen molar-refractivity contribution in [2.24, 2.45) is 5.84 Å². The van der Waals surface area contributed by atoms with Crippen molar-refractivity contribution < 1.29 is 17.9 Å². The van der Waals surface area contributed by atoms with Gasteiger partial charge in [-0.2, -0.15) is 13.2 Å². The monoisotopic (exact) mass is 276 g/mol. The van der Waals surface area contributed by atoms with Gasteiger partial charge >= 0.3 is 6.18 Å². The molecule has 0 aliphatic heterocycles. The second kappa shape index (κ2) is 5.90. The van der Waals surface area contributed by atoms with E-state index in [1.807, 2.05) is 20.8 Å². The maximum absolute atomic E-state index is 12.9. The van der Waals surface area contributed by atoms with Gasteiger partial charge in [-0.15, -0.1) is 0 Å². The average Bonchev–Trinajstić information content (AvgIpc) is 2.27. The van der Waals surface area contributed by atoms with Crippen LogP contribution in [-0.4, -0.2) is 12.2 Å². The predicted molar refractivity (Wildman–Crippen MR) is 67.2 cm³/mol. The summed E-state index contributed by atoms with van der Waals surface area (Å²) in [7, 11) is 0. The maximum atomic E-state index is 12.9. The highest BCUT2D eigenvalue weighted by Crippen LogP contribution is 2.34. The Morgan fingerprint density at radius 2 is 1.79 bits per heavy atom. The van der Waals surface area contributed by atoms with Gasteiger partial charge in [-0.3, -0.25) is 11.3 Å². The Bertz CT molecular complexity index is 413. The van der Waals surface area contributed by atoms with Crippen LogP contribution in [0.5, 0.6) is 0 Å². The molecule has 0 radical (unpaired) electrons. The van der Waals surface area contributed by atoms with Crippen molar-refractivity contribution in [2.45, 2.75) is 38.6 Å². The molecule has 1 aromatic carbocycles. The van der Waals surface area contributed by atoms with Gasteiger partial charge in [-0.1, -0.05) is 18.2 Å². The van der Waals surface area contributed by atoms with Crippen molar-refractivity contribution in [1.29, 1.82) is 0 Å². The number of ether oxygens (including phenoxy) is 1. The molecule has 1 atom stereocenters. The van der Waals surface area contributed by atoms with Crippen molar-refractivity contribution in [3.63, 3.8) is 0 Å². The topological polar surface area (TPSA) is 47.3 Å². The summed E-state index contributed by atoms with van der Waals surface area (Å²) in [6, 6.07) is 4.63. The first kappa shape index (κ1) is 15.9. The molecule has 0 saturated carbocycles. The summed E-state index contributed by atoms with van der Waals surface area (Å²) in [6.07, 6.45) is -4.41. The highest BCUT2D eigenvalue weighted by Gasteiger charge is 2.35. The van der Waals surface area contributed by atoms with Crippen molar-refractivity contribution in [3.8, 4) is 0 Å². The third kappa shape index (κ3) is 4.81. The van der Waals surface area contributed by atoms with Crippen molar-refractivity contribution >= 4 is 0 Å². The van der Waals surface area contributed by atoms with Crippen LogP contribution >= 0.6 is 0 Å². The fourth-order valence-electron chi connectivity index (χ4n) is 1.62. The number of alkyl halides is 3. The van der Waals surface area contributed by atoms with Crippen molar-refractivity contribution in [2.75, 3.05) is 6.61 Å². The van der Waals surface area contributed by atoms with Crippen LogP contribution in [-0.2, 0) is 10.9 Å². The summed E-state index contributed by atoms with van der Waals surface area (Å²) in [5, 5.41) is 0. The summed E-state index contributed by atoms with van der Waals surface area (Å²) in [4.78, 5) is 0. The summed E-state index contributed by atoms with van der Waals surface area (Å²) < 4.78 is 44.2. The fourth-order valence-corrected chi connectivity index (χ4v) is 1.62. The smallest absolute Gasteiger partial charge is 0.374 e. The molecule has 0 aromatic heterocycles. The molecule has 0 bridgehead atoms. The summed E-state index contributed by atoms with van der Waals surface area (Å²) in [5.41, 5.74) is 1.32. The molecule has 0 fully saturated rings. The van der Waals surface area contributed by atoms with Gasteiger partial charge in [-0.05, 0) is 32.4 Å². The third-order valence-corrected chi connectivity index (χ3v) is 2.53. The van der Waals surface area contributed by atoms with Gasteiger partial charge < -0.3 is 4.74 Å². The van der Waals surface area contributed by atoms with Crippen LogP contribution in [0.1, 0.15) is 37.9 Å². The number of nitrogens with two attached hydrogens (primary N) is 1. The van der Waals surface area contributed by atoms with Crippen molar-refractivity contribution in [3.05, 3.63) is 35.4 Å². The van der Waals surface area contributed by atoms with Gasteiger partial charge in [0.1, 0.15) is 0 Å². The van der Waals surface area contributed by atoms with Crippen LogP contribution in [0.15, 0.2) is 24.3 Å². The molecule has 0 aliphatic rings. The molecule has 1 aromatic rings. The van der Waals surface area contributed by atoms with Crippen LogP contribution in [0.2, 0.25) is 0 Å². The van der Waals surface area contributed by atoms with E-state index in [4.69, 9.17) is 10.6 Å². The highest BCUT2D eigenvalue weighted by molar-refractivity contribution is 5.32. The minimum atomic E-state index is -4.41. The van der Waals surface area contributed by atoms with Gasteiger partial charge in [0.2, 0.25) is 0 Å². The standard InChI is InChI=1S/C13H19F3N2O/c1-12(2,3)19-8-11(18-17)9-6-4-5-7-10(9)13(14,15)16/h4-7,11,18H,8,17H2,1-3H3. The van der Waals surface area contributed by atoms with E-state index in [0.29, 0.717) is 0 Å². The van der Waals surface area contributed by atoms with Crippen LogP contribution < -0.4 is 11.3 Å². The molecule has 1 unspecified atom stereocenters. The lowest BCUT2D eigenvalue weighted by Crippen LogP contribution is -2.35. The number of benzene rings is 1. The molecule has 0 heterocycles. The molecule has 0 saturated heterocycles. The lowest BCUT2D eigenvalue weighted by molar-refractivity contribution is -0.138. The Morgan fingerprint density at radius 1 is 1.21 bits per heavy atom. The average molecular weight is 276 g/mol. The zero-order chi connectivity index (χ0) is 14.7. The van der Waals surface area contributed by atoms with Gasteiger partial charge in [0, 0.05) is 0 Å². The number of hydrazine groups is 1. The predicted octanol–water partition coefficient (Wildman–Crippen LogP) is 3.02. The van der Waals surface area contributed by atoms with E-state index in [-0.39, 0.29) is 12.2 Å². The van der Waals surface area contributed by atoms with E-state index >= 15 is 0 Å². The summed E-state index contributed by atoms with van der Waals surface area (Å²) in [5.74, 6) is 5.35. The molecule has 19 heavy (non-hydrogen) atoms. The Morgan fingerprint density at radius 3 is 2.26 bits per heavy atom. The molecular weight excluding hydrogens is 257 g/mol. The van der Waals surface area contributed by atoms with Crippen LogP contribution in [0.3, 0.4) is 0 Å². The van der Waals surface area contributed by atoms with Crippen molar-refractivity contribution in [1.82, 2.24) is 5.43 Å². The fraction of sp³-hybridized carbons (Fsp3) is 0.538. The lowest BCUT2D eigenvalue weighted by atomic mass is 10.0. The maximum Gasteiger partial charge on any atom is 0.416 e. The molecule has 1 rings (SSSR count).